The molecule has 1 fully saturated rings. The average Bonchev–Trinajstić information content (AvgIpc) is 3.26. The first-order valence-electron chi connectivity index (χ1n) is 8.08. The van der Waals surface area contributed by atoms with Crippen molar-refractivity contribution in [1.29, 1.82) is 0 Å². The lowest BCUT2D eigenvalue weighted by molar-refractivity contribution is -0.181. The molecule has 0 amide bonds. The van der Waals surface area contributed by atoms with Crippen LogP contribution in [-0.4, -0.2) is 52.5 Å². The molecule has 0 spiro atoms. The van der Waals surface area contributed by atoms with Crippen LogP contribution in [0.2, 0.25) is 0 Å². The number of hydrogen-bond acceptors (Lipinski definition) is 8. The summed E-state index contributed by atoms with van der Waals surface area (Å²) in [6.07, 6.45) is -6.64. The van der Waals surface area contributed by atoms with E-state index >= 15 is 0 Å². The van der Waals surface area contributed by atoms with Crippen molar-refractivity contribution in [3.63, 3.8) is 0 Å². The second kappa shape index (κ2) is 6.82. The van der Waals surface area contributed by atoms with Crippen LogP contribution >= 0.6 is 22.7 Å². The third kappa shape index (κ3) is 3.55. The van der Waals surface area contributed by atoms with E-state index < -0.39 is 17.2 Å². The number of thiophene rings is 1. The molecule has 0 saturated carbocycles. The maximum Gasteiger partial charge on any atom is 0.424 e. The Morgan fingerprint density at radius 2 is 1.74 bits per heavy atom. The topological polar surface area (TPSA) is 58.0 Å². The standard InChI is InChI=1S/C15H14F4N6S2/c1-8-22-23-14(26-8)25-4-2-24(3-5-25)12-9-6-10(11(16)15(17,18)19)27-13(9)21-7-20-12/h6-7,11H,2-5H2,1H3. The first-order valence-corrected chi connectivity index (χ1v) is 9.71. The van der Waals surface area contributed by atoms with Crippen molar-refractivity contribution in [2.24, 2.45) is 0 Å². The van der Waals surface area contributed by atoms with Gasteiger partial charge in [0.15, 0.2) is 0 Å². The fraction of sp³-hybridized carbons (Fsp3) is 0.467. The quantitative estimate of drug-likeness (QED) is 0.604. The summed E-state index contributed by atoms with van der Waals surface area (Å²) in [6.45, 7) is 4.50. The number of aryl methyl sites for hydroxylation is 1. The summed E-state index contributed by atoms with van der Waals surface area (Å²) < 4.78 is 51.8. The first kappa shape index (κ1) is 18.3. The van der Waals surface area contributed by atoms with Gasteiger partial charge in [-0.1, -0.05) is 11.3 Å². The van der Waals surface area contributed by atoms with E-state index in [0.29, 0.717) is 53.6 Å². The van der Waals surface area contributed by atoms with E-state index in [9.17, 15) is 17.6 Å². The zero-order chi connectivity index (χ0) is 19.2. The largest absolute Gasteiger partial charge is 0.424 e. The Morgan fingerprint density at radius 3 is 2.37 bits per heavy atom. The molecule has 144 valence electrons. The van der Waals surface area contributed by atoms with Crippen LogP contribution in [0.25, 0.3) is 10.2 Å². The first-order chi connectivity index (χ1) is 12.8. The average molecular weight is 418 g/mol. The molecule has 27 heavy (non-hydrogen) atoms. The highest BCUT2D eigenvalue weighted by Crippen LogP contribution is 2.42. The van der Waals surface area contributed by atoms with E-state index in [1.807, 2.05) is 11.8 Å². The van der Waals surface area contributed by atoms with Crippen molar-refractivity contribution < 1.29 is 17.6 Å². The number of aromatic nitrogens is 4. The smallest absolute Gasteiger partial charge is 0.352 e. The summed E-state index contributed by atoms with van der Waals surface area (Å²) >= 11 is 2.23. The monoisotopic (exact) mass is 418 g/mol. The Balaban J connectivity index is 1.56. The minimum atomic E-state index is -4.93. The van der Waals surface area contributed by atoms with Crippen molar-refractivity contribution in [2.75, 3.05) is 36.0 Å². The lowest BCUT2D eigenvalue weighted by Crippen LogP contribution is -2.46. The summed E-state index contributed by atoms with van der Waals surface area (Å²) in [4.78, 5) is 12.3. The minimum absolute atomic E-state index is 0.351. The number of rotatable bonds is 3. The second-order valence-corrected chi connectivity index (χ2v) is 8.27. The SMILES string of the molecule is Cc1nnc(N2CCN(c3ncnc4sc(C(F)C(F)(F)F)cc34)CC2)s1. The second-order valence-electron chi connectivity index (χ2n) is 6.05. The summed E-state index contributed by atoms with van der Waals surface area (Å²) in [5.74, 6) is 0.532. The van der Waals surface area contributed by atoms with E-state index in [1.54, 1.807) is 0 Å². The molecule has 6 nitrogen and oxygen atoms in total. The number of piperazine rings is 1. The van der Waals surface area contributed by atoms with Crippen LogP contribution in [0.4, 0.5) is 28.5 Å². The molecule has 0 aliphatic carbocycles. The summed E-state index contributed by atoms with van der Waals surface area (Å²) in [7, 11) is 0. The summed E-state index contributed by atoms with van der Waals surface area (Å²) in [5.41, 5.74) is 0. The molecule has 4 heterocycles. The van der Waals surface area contributed by atoms with Gasteiger partial charge in [0.1, 0.15) is 22.0 Å². The van der Waals surface area contributed by atoms with E-state index in [2.05, 4.69) is 25.1 Å². The number of alkyl halides is 4. The lowest BCUT2D eigenvalue weighted by Gasteiger charge is -2.35. The summed E-state index contributed by atoms with van der Waals surface area (Å²) in [5, 5.41) is 10.3. The van der Waals surface area contributed by atoms with Gasteiger partial charge in [-0.05, 0) is 13.0 Å². The molecular formula is C15H14F4N6S2. The molecule has 1 saturated heterocycles. The molecule has 0 aromatic carbocycles. The fourth-order valence-electron chi connectivity index (χ4n) is 2.92. The molecule has 1 aliphatic heterocycles. The predicted molar refractivity (Wildman–Crippen MR) is 96.4 cm³/mol. The minimum Gasteiger partial charge on any atom is -0.352 e. The van der Waals surface area contributed by atoms with Crippen LogP contribution in [0, 0.1) is 6.92 Å². The molecule has 0 radical (unpaired) electrons. The van der Waals surface area contributed by atoms with Crippen molar-refractivity contribution in [3.05, 3.63) is 22.3 Å². The van der Waals surface area contributed by atoms with Gasteiger partial charge in [-0.2, -0.15) is 13.2 Å². The Kier molecular flexibility index (Phi) is 4.62. The van der Waals surface area contributed by atoms with Gasteiger partial charge < -0.3 is 9.80 Å². The van der Waals surface area contributed by atoms with Crippen LogP contribution in [0.1, 0.15) is 16.1 Å². The molecule has 0 N–H and O–H groups in total. The van der Waals surface area contributed by atoms with Gasteiger partial charge in [-0.3, -0.25) is 0 Å². The maximum atomic E-state index is 13.7. The third-order valence-corrected chi connectivity index (χ3v) is 6.21. The number of halogens is 4. The third-order valence-electron chi connectivity index (χ3n) is 4.23. The number of nitrogens with zero attached hydrogens (tertiary/aromatic N) is 6. The van der Waals surface area contributed by atoms with Crippen LogP contribution in [0.15, 0.2) is 12.4 Å². The van der Waals surface area contributed by atoms with Crippen LogP contribution in [-0.2, 0) is 0 Å². The van der Waals surface area contributed by atoms with Gasteiger partial charge >= 0.3 is 6.18 Å². The van der Waals surface area contributed by atoms with Gasteiger partial charge in [0.25, 0.3) is 0 Å². The molecular weight excluding hydrogens is 404 g/mol. The van der Waals surface area contributed by atoms with Crippen LogP contribution in [0.5, 0.6) is 0 Å². The number of fused-ring (bicyclic) bond motifs is 1. The number of anilines is 2. The van der Waals surface area contributed by atoms with E-state index in [1.165, 1.54) is 23.7 Å². The molecule has 1 atom stereocenters. The van der Waals surface area contributed by atoms with Crippen molar-refractivity contribution in [1.82, 2.24) is 20.2 Å². The predicted octanol–water partition coefficient (Wildman–Crippen LogP) is 3.75. The van der Waals surface area contributed by atoms with E-state index in [-0.39, 0.29) is 0 Å². The Hall–Kier alpha value is -2.08. The van der Waals surface area contributed by atoms with Gasteiger partial charge in [0, 0.05) is 26.2 Å². The molecule has 0 bridgehead atoms. The maximum absolute atomic E-state index is 13.7. The molecule has 12 heteroatoms. The Morgan fingerprint density at radius 1 is 1.04 bits per heavy atom. The zero-order valence-electron chi connectivity index (χ0n) is 14.1. The molecule has 1 unspecified atom stereocenters. The Bertz CT molecular complexity index is 947. The molecule has 3 aromatic rings. The normalized spacial score (nSPS) is 16.9. The molecule has 3 aromatic heterocycles. The molecule has 4 rings (SSSR count). The highest BCUT2D eigenvalue weighted by atomic mass is 32.1. The summed E-state index contributed by atoms with van der Waals surface area (Å²) in [6, 6.07) is 1.22. The van der Waals surface area contributed by atoms with Gasteiger partial charge in [-0.15, -0.1) is 21.5 Å². The highest BCUT2D eigenvalue weighted by Gasteiger charge is 2.42. The molecule has 1 aliphatic rings. The van der Waals surface area contributed by atoms with Crippen LogP contribution < -0.4 is 9.80 Å². The van der Waals surface area contributed by atoms with Crippen LogP contribution in [0.3, 0.4) is 0 Å². The zero-order valence-corrected chi connectivity index (χ0v) is 15.7. The van der Waals surface area contributed by atoms with Crippen molar-refractivity contribution in [3.8, 4) is 0 Å². The fourth-order valence-corrected chi connectivity index (χ4v) is 4.66. The van der Waals surface area contributed by atoms with E-state index in [4.69, 9.17) is 0 Å². The lowest BCUT2D eigenvalue weighted by atomic mass is 10.2. The number of hydrogen-bond donors (Lipinski definition) is 0. The van der Waals surface area contributed by atoms with Gasteiger partial charge in [0.05, 0.1) is 10.3 Å². The van der Waals surface area contributed by atoms with Crippen molar-refractivity contribution in [2.45, 2.75) is 19.3 Å². The van der Waals surface area contributed by atoms with Crippen molar-refractivity contribution >= 4 is 43.8 Å². The van der Waals surface area contributed by atoms with Gasteiger partial charge in [-0.25, -0.2) is 14.4 Å². The highest BCUT2D eigenvalue weighted by molar-refractivity contribution is 7.18. The van der Waals surface area contributed by atoms with E-state index in [0.717, 1.165) is 10.1 Å². The van der Waals surface area contributed by atoms with Gasteiger partial charge in [0.2, 0.25) is 11.3 Å². The Labute approximate surface area is 159 Å².